The van der Waals surface area contributed by atoms with Gasteiger partial charge in [0.15, 0.2) is 0 Å². The Bertz CT molecular complexity index is 981. The van der Waals surface area contributed by atoms with E-state index in [1.54, 1.807) is 16.8 Å². The first-order valence-electron chi connectivity index (χ1n) is 8.85. The van der Waals surface area contributed by atoms with E-state index >= 15 is 0 Å². The molecule has 1 heterocycles. The fraction of sp³-hybridized carbons (Fsp3) is 0.200. The van der Waals surface area contributed by atoms with E-state index in [0.29, 0.717) is 24.3 Å². The molecular weight excluding hydrogens is 358 g/mol. The van der Waals surface area contributed by atoms with Gasteiger partial charge < -0.3 is 10.6 Å². The number of nitrogens with one attached hydrogen (secondary N) is 2. The van der Waals surface area contributed by atoms with Crippen LogP contribution in [0.4, 0.5) is 11.4 Å². The van der Waals surface area contributed by atoms with Gasteiger partial charge in [0.2, 0.25) is 0 Å². The van der Waals surface area contributed by atoms with Gasteiger partial charge in [0.05, 0.1) is 27.6 Å². The Kier molecular flexibility index (Phi) is 5.69. The number of anilines is 1. The monoisotopic (exact) mass is 379 g/mol. The summed E-state index contributed by atoms with van der Waals surface area (Å²) in [5.41, 5.74) is 3.72. The lowest BCUT2D eigenvalue weighted by atomic mass is 10.2. The van der Waals surface area contributed by atoms with Gasteiger partial charge in [-0.25, -0.2) is 4.68 Å². The minimum atomic E-state index is -0.440. The molecule has 3 rings (SSSR count). The molecule has 0 fully saturated rings. The quantitative estimate of drug-likeness (QED) is 0.373. The average Bonchev–Trinajstić information content (AvgIpc) is 3.00. The maximum Gasteiger partial charge on any atom is 0.269 e. The van der Waals surface area contributed by atoms with Crippen molar-refractivity contribution in [1.29, 1.82) is 0 Å². The number of rotatable bonds is 7. The first-order valence-corrected chi connectivity index (χ1v) is 8.85. The zero-order valence-corrected chi connectivity index (χ0v) is 15.7. The highest BCUT2D eigenvalue weighted by Gasteiger charge is 2.18. The van der Waals surface area contributed by atoms with Crippen LogP contribution in [0.2, 0.25) is 0 Å². The molecule has 0 bridgehead atoms. The number of nitrogens with zero attached hydrogens (tertiary/aromatic N) is 3. The van der Waals surface area contributed by atoms with Gasteiger partial charge in [0, 0.05) is 30.9 Å². The molecule has 0 spiro atoms. The van der Waals surface area contributed by atoms with Crippen LogP contribution in [0.25, 0.3) is 5.69 Å². The lowest BCUT2D eigenvalue weighted by molar-refractivity contribution is -0.384. The molecule has 0 aliphatic carbocycles. The number of hydrogen-bond acceptors (Lipinski definition) is 5. The number of nitro groups is 1. The summed E-state index contributed by atoms with van der Waals surface area (Å²) >= 11 is 0. The molecule has 0 atom stereocenters. The van der Waals surface area contributed by atoms with E-state index in [-0.39, 0.29) is 11.6 Å². The number of amides is 1. The summed E-state index contributed by atoms with van der Waals surface area (Å²) in [5, 5.41) is 21.1. The second-order valence-corrected chi connectivity index (χ2v) is 6.28. The molecule has 144 valence electrons. The molecule has 28 heavy (non-hydrogen) atoms. The van der Waals surface area contributed by atoms with Crippen LogP contribution in [-0.4, -0.2) is 33.7 Å². The summed E-state index contributed by atoms with van der Waals surface area (Å²) < 4.78 is 1.76. The van der Waals surface area contributed by atoms with Crippen molar-refractivity contribution in [3.05, 3.63) is 81.7 Å². The fourth-order valence-corrected chi connectivity index (χ4v) is 2.96. The first kappa shape index (κ1) is 19.1. The fourth-order valence-electron chi connectivity index (χ4n) is 2.96. The first-order chi connectivity index (χ1) is 13.5. The minimum absolute atomic E-state index is 0.0419. The number of hydrogen-bond donors (Lipinski definition) is 2. The SMILES string of the molecule is Cc1nn(-c2ccccc2)c(C)c1C(=O)NCCNc1ccc([N+](=O)[O-])cc1. The molecule has 0 saturated carbocycles. The van der Waals surface area contributed by atoms with Crippen molar-refractivity contribution in [3.63, 3.8) is 0 Å². The van der Waals surface area contributed by atoms with Crippen LogP contribution >= 0.6 is 0 Å². The molecule has 1 amide bonds. The second kappa shape index (κ2) is 8.34. The molecule has 3 aromatic rings. The third-order valence-corrected chi connectivity index (χ3v) is 4.34. The number of para-hydroxylation sites is 1. The van der Waals surface area contributed by atoms with E-state index in [2.05, 4.69) is 15.7 Å². The third kappa shape index (κ3) is 4.17. The van der Waals surface area contributed by atoms with E-state index in [1.165, 1.54) is 12.1 Å². The Morgan fingerprint density at radius 3 is 2.39 bits per heavy atom. The van der Waals surface area contributed by atoms with Gasteiger partial charge in [-0.15, -0.1) is 0 Å². The molecule has 8 nitrogen and oxygen atoms in total. The van der Waals surface area contributed by atoms with E-state index in [4.69, 9.17) is 0 Å². The van der Waals surface area contributed by atoms with E-state index in [0.717, 1.165) is 17.1 Å². The maximum absolute atomic E-state index is 12.6. The van der Waals surface area contributed by atoms with Crippen molar-refractivity contribution in [2.45, 2.75) is 13.8 Å². The van der Waals surface area contributed by atoms with Crippen molar-refractivity contribution in [1.82, 2.24) is 15.1 Å². The standard InChI is InChI=1S/C20H21N5O3/c1-14-19(15(2)24(23-14)17-6-4-3-5-7-17)20(26)22-13-12-21-16-8-10-18(11-9-16)25(27)28/h3-11,21H,12-13H2,1-2H3,(H,22,26). The van der Waals surface area contributed by atoms with Gasteiger partial charge in [0.25, 0.3) is 11.6 Å². The molecule has 0 aliphatic heterocycles. The summed E-state index contributed by atoms with van der Waals surface area (Å²) in [6, 6.07) is 15.8. The Morgan fingerprint density at radius 1 is 1.07 bits per heavy atom. The summed E-state index contributed by atoms with van der Waals surface area (Å²) in [4.78, 5) is 22.8. The highest BCUT2D eigenvalue weighted by molar-refractivity contribution is 5.96. The number of non-ortho nitro benzene ring substituents is 1. The molecule has 2 aromatic carbocycles. The van der Waals surface area contributed by atoms with Crippen molar-refractivity contribution >= 4 is 17.3 Å². The van der Waals surface area contributed by atoms with Gasteiger partial charge in [-0.05, 0) is 38.1 Å². The number of aromatic nitrogens is 2. The van der Waals surface area contributed by atoms with Crippen LogP contribution in [0, 0.1) is 24.0 Å². The molecule has 1 aromatic heterocycles. The molecule has 2 N–H and O–H groups in total. The number of aryl methyl sites for hydroxylation is 1. The van der Waals surface area contributed by atoms with Crippen LogP contribution in [0.5, 0.6) is 0 Å². The molecule has 8 heteroatoms. The largest absolute Gasteiger partial charge is 0.383 e. The topological polar surface area (TPSA) is 102 Å². The Balaban J connectivity index is 1.58. The van der Waals surface area contributed by atoms with Crippen molar-refractivity contribution in [3.8, 4) is 5.69 Å². The Labute approximate surface area is 162 Å². The number of benzene rings is 2. The normalized spacial score (nSPS) is 10.5. The summed E-state index contributed by atoms with van der Waals surface area (Å²) in [6.45, 7) is 4.59. The average molecular weight is 379 g/mol. The van der Waals surface area contributed by atoms with Crippen LogP contribution in [-0.2, 0) is 0 Å². The van der Waals surface area contributed by atoms with Gasteiger partial charge in [-0.3, -0.25) is 14.9 Å². The van der Waals surface area contributed by atoms with Crippen LogP contribution in [0.3, 0.4) is 0 Å². The predicted molar refractivity (Wildman–Crippen MR) is 107 cm³/mol. The van der Waals surface area contributed by atoms with Gasteiger partial charge in [-0.1, -0.05) is 18.2 Å². The molecular formula is C20H21N5O3. The van der Waals surface area contributed by atoms with E-state index in [1.807, 2.05) is 44.2 Å². The Hall–Kier alpha value is -3.68. The predicted octanol–water partition coefficient (Wildman–Crippen LogP) is 3.24. The summed E-state index contributed by atoms with van der Waals surface area (Å²) in [5.74, 6) is -0.178. The van der Waals surface area contributed by atoms with Crippen molar-refractivity contribution < 1.29 is 9.72 Å². The van der Waals surface area contributed by atoms with Gasteiger partial charge in [-0.2, -0.15) is 5.10 Å². The van der Waals surface area contributed by atoms with Gasteiger partial charge in [0.1, 0.15) is 0 Å². The van der Waals surface area contributed by atoms with Crippen molar-refractivity contribution in [2.75, 3.05) is 18.4 Å². The smallest absolute Gasteiger partial charge is 0.269 e. The number of carbonyl (C=O) groups excluding carboxylic acids is 1. The maximum atomic E-state index is 12.6. The van der Waals surface area contributed by atoms with E-state index in [9.17, 15) is 14.9 Å². The second-order valence-electron chi connectivity index (χ2n) is 6.28. The Morgan fingerprint density at radius 2 is 1.75 bits per heavy atom. The van der Waals surface area contributed by atoms with Crippen LogP contribution < -0.4 is 10.6 Å². The van der Waals surface area contributed by atoms with Gasteiger partial charge >= 0.3 is 0 Å². The van der Waals surface area contributed by atoms with E-state index < -0.39 is 4.92 Å². The minimum Gasteiger partial charge on any atom is -0.383 e. The van der Waals surface area contributed by atoms with Crippen LogP contribution in [0.15, 0.2) is 54.6 Å². The highest BCUT2D eigenvalue weighted by atomic mass is 16.6. The molecule has 0 aliphatic rings. The lowest BCUT2D eigenvalue weighted by Gasteiger charge is -2.09. The van der Waals surface area contributed by atoms with Crippen LogP contribution in [0.1, 0.15) is 21.7 Å². The molecule has 0 saturated heterocycles. The third-order valence-electron chi connectivity index (χ3n) is 4.34. The molecule has 0 radical (unpaired) electrons. The number of carbonyl (C=O) groups is 1. The zero-order valence-electron chi connectivity index (χ0n) is 15.7. The molecule has 0 unspecified atom stereocenters. The highest BCUT2D eigenvalue weighted by Crippen LogP contribution is 2.18. The van der Waals surface area contributed by atoms with Crippen molar-refractivity contribution in [2.24, 2.45) is 0 Å². The summed E-state index contributed by atoms with van der Waals surface area (Å²) in [6.07, 6.45) is 0. The summed E-state index contributed by atoms with van der Waals surface area (Å²) in [7, 11) is 0. The zero-order chi connectivity index (χ0) is 20.1. The lowest BCUT2D eigenvalue weighted by Crippen LogP contribution is -2.29. The number of nitro benzene ring substituents is 1.